The molecule has 0 radical (unpaired) electrons. The zero-order valence-electron chi connectivity index (χ0n) is 10.6. The first-order valence-electron chi connectivity index (χ1n) is 6.45. The third-order valence-corrected chi connectivity index (χ3v) is 4.40. The molecule has 104 valence electrons. The van der Waals surface area contributed by atoms with Crippen LogP contribution in [0.3, 0.4) is 0 Å². The molecular formula is C13H17IN2O3. The van der Waals surface area contributed by atoms with Crippen molar-refractivity contribution in [2.45, 2.75) is 31.7 Å². The monoisotopic (exact) mass is 376 g/mol. The van der Waals surface area contributed by atoms with Crippen LogP contribution in [-0.2, 0) is 0 Å². The van der Waals surface area contributed by atoms with Gasteiger partial charge in [-0.1, -0.05) is 0 Å². The fourth-order valence-electron chi connectivity index (χ4n) is 2.28. The molecule has 19 heavy (non-hydrogen) atoms. The minimum atomic E-state index is -0.354. The van der Waals surface area contributed by atoms with Gasteiger partial charge in [0.1, 0.15) is 0 Å². The average molecular weight is 376 g/mol. The fourth-order valence-corrected chi connectivity index (χ4v) is 2.98. The topological polar surface area (TPSA) is 66.6 Å². The molecule has 0 aromatic heterocycles. The highest BCUT2D eigenvalue weighted by Crippen LogP contribution is 2.32. The molecule has 1 aromatic carbocycles. The summed E-state index contributed by atoms with van der Waals surface area (Å²) < 4.78 is 0.661. The molecule has 1 aromatic rings. The lowest BCUT2D eigenvalue weighted by molar-refractivity contribution is -0.385. The maximum atomic E-state index is 10.8. The van der Waals surface area contributed by atoms with Crippen LogP contribution >= 0.6 is 22.6 Å². The van der Waals surface area contributed by atoms with Gasteiger partial charge in [0.2, 0.25) is 0 Å². The quantitative estimate of drug-likeness (QED) is 0.471. The van der Waals surface area contributed by atoms with Gasteiger partial charge in [0.05, 0.1) is 8.49 Å². The predicted octanol–water partition coefficient (Wildman–Crippen LogP) is 2.94. The van der Waals surface area contributed by atoms with Crippen molar-refractivity contribution in [3.05, 3.63) is 31.9 Å². The number of nitrogens with zero attached hydrogens (tertiary/aromatic N) is 2. The lowest BCUT2D eigenvalue weighted by Crippen LogP contribution is -2.41. The third kappa shape index (κ3) is 3.36. The number of benzene rings is 1. The molecule has 0 aliphatic heterocycles. The first kappa shape index (κ1) is 14.5. The van der Waals surface area contributed by atoms with Crippen LogP contribution in [0.4, 0.5) is 11.4 Å². The molecular weight excluding hydrogens is 359 g/mol. The van der Waals surface area contributed by atoms with Gasteiger partial charge in [-0.05, 0) is 60.4 Å². The maximum Gasteiger partial charge on any atom is 0.282 e. The Kier molecular flexibility index (Phi) is 4.98. The van der Waals surface area contributed by atoms with Crippen molar-refractivity contribution in [3.63, 3.8) is 0 Å². The third-order valence-electron chi connectivity index (χ3n) is 3.53. The summed E-state index contributed by atoms with van der Waals surface area (Å²) in [4.78, 5) is 12.7. The van der Waals surface area contributed by atoms with E-state index in [1.165, 1.54) is 19.3 Å². The number of hydrogen-bond donors (Lipinski definition) is 1. The Morgan fingerprint density at radius 2 is 2.21 bits per heavy atom. The highest BCUT2D eigenvalue weighted by atomic mass is 127. The van der Waals surface area contributed by atoms with Gasteiger partial charge in [-0.3, -0.25) is 10.1 Å². The van der Waals surface area contributed by atoms with E-state index in [9.17, 15) is 10.1 Å². The summed E-state index contributed by atoms with van der Waals surface area (Å²) in [5.74, 6) is 0. The van der Waals surface area contributed by atoms with Gasteiger partial charge in [-0.25, -0.2) is 0 Å². The normalized spacial score (nSPS) is 15.1. The van der Waals surface area contributed by atoms with Crippen LogP contribution in [0.15, 0.2) is 18.2 Å². The van der Waals surface area contributed by atoms with Crippen molar-refractivity contribution in [2.75, 3.05) is 18.1 Å². The number of nitro groups is 1. The van der Waals surface area contributed by atoms with E-state index in [1.54, 1.807) is 6.07 Å². The van der Waals surface area contributed by atoms with E-state index in [2.05, 4.69) is 4.90 Å². The molecule has 0 spiro atoms. The van der Waals surface area contributed by atoms with Gasteiger partial charge >= 0.3 is 0 Å². The Morgan fingerprint density at radius 1 is 1.47 bits per heavy atom. The Hall–Kier alpha value is -0.890. The number of rotatable bonds is 6. The standard InChI is InChI=1S/C13H17IN2O3/c14-12-9-11(5-6-13(12)16(18)19)15(7-2-8-17)10-3-1-4-10/h5-6,9-10,17H,1-4,7-8H2. The van der Waals surface area contributed by atoms with Crippen molar-refractivity contribution in [2.24, 2.45) is 0 Å². The Balaban J connectivity index is 2.20. The Morgan fingerprint density at radius 3 is 2.68 bits per heavy atom. The molecule has 1 aliphatic rings. The fraction of sp³-hybridized carbons (Fsp3) is 0.538. The molecule has 1 N–H and O–H groups in total. The number of hydrogen-bond acceptors (Lipinski definition) is 4. The minimum Gasteiger partial charge on any atom is -0.396 e. The number of aliphatic hydroxyl groups is 1. The number of halogens is 1. The molecule has 0 saturated heterocycles. The van der Waals surface area contributed by atoms with E-state index in [0.717, 1.165) is 18.7 Å². The minimum absolute atomic E-state index is 0.153. The Labute approximate surface area is 125 Å². The van der Waals surface area contributed by atoms with Gasteiger partial charge in [0, 0.05) is 30.9 Å². The second kappa shape index (κ2) is 6.51. The SMILES string of the molecule is O=[N+]([O-])c1ccc(N(CCCO)C2CCC2)cc1I. The van der Waals surface area contributed by atoms with Crippen LogP contribution in [-0.4, -0.2) is 29.2 Å². The van der Waals surface area contributed by atoms with E-state index < -0.39 is 0 Å². The van der Waals surface area contributed by atoms with Crippen molar-refractivity contribution in [1.29, 1.82) is 0 Å². The highest BCUT2D eigenvalue weighted by molar-refractivity contribution is 14.1. The van der Waals surface area contributed by atoms with Crippen molar-refractivity contribution >= 4 is 34.0 Å². The molecule has 1 aliphatic carbocycles. The summed E-state index contributed by atoms with van der Waals surface area (Å²) in [6.45, 7) is 0.975. The summed E-state index contributed by atoms with van der Waals surface area (Å²) in [5.41, 5.74) is 1.17. The van der Waals surface area contributed by atoms with Crippen molar-refractivity contribution in [3.8, 4) is 0 Å². The van der Waals surface area contributed by atoms with Gasteiger partial charge in [-0.2, -0.15) is 0 Å². The molecule has 0 bridgehead atoms. The predicted molar refractivity (Wildman–Crippen MR) is 82.5 cm³/mol. The maximum absolute atomic E-state index is 10.8. The Bertz CT molecular complexity index is 463. The van der Waals surface area contributed by atoms with Crippen molar-refractivity contribution < 1.29 is 10.0 Å². The highest BCUT2D eigenvalue weighted by Gasteiger charge is 2.25. The molecule has 1 fully saturated rings. The van der Waals surface area contributed by atoms with Gasteiger partial charge < -0.3 is 10.0 Å². The van der Waals surface area contributed by atoms with Gasteiger partial charge in [0.15, 0.2) is 0 Å². The van der Waals surface area contributed by atoms with E-state index in [-0.39, 0.29) is 17.2 Å². The summed E-state index contributed by atoms with van der Waals surface area (Å²) in [6, 6.07) is 5.77. The molecule has 2 rings (SSSR count). The zero-order valence-corrected chi connectivity index (χ0v) is 12.7. The van der Waals surface area contributed by atoms with E-state index >= 15 is 0 Å². The molecule has 0 atom stereocenters. The van der Waals surface area contributed by atoms with Crippen LogP contribution in [0, 0.1) is 13.7 Å². The van der Waals surface area contributed by atoms with Crippen molar-refractivity contribution in [1.82, 2.24) is 0 Å². The van der Waals surface area contributed by atoms with E-state index in [4.69, 9.17) is 5.11 Å². The lowest BCUT2D eigenvalue weighted by atomic mass is 9.91. The molecule has 6 heteroatoms. The number of aliphatic hydroxyl groups excluding tert-OH is 1. The average Bonchev–Trinajstić information content (AvgIpc) is 2.31. The first-order valence-corrected chi connectivity index (χ1v) is 7.53. The summed E-state index contributed by atoms with van der Waals surface area (Å²) in [7, 11) is 0. The molecule has 1 saturated carbocycles. The van der Waals surface area contributed by atoms with Crippen LogP contribution in [0.1, 0.15) is 25.7 Å². The van der Waals surface area contributed by atoms with Crippen LogP contribution in [0.2, 0.25) is 0 Å². The van der Waals surface area contributed by atoms with Crippen LogP contribution < -0.4 is 4.90 Å². The zero-order chi connectivity index (χ0) is 13.8. The van der Waals surface area contributed by atoms with Gasteiger partial charge in [0.25, 0.3) is 5.69 Å². The summed E-state index contributed by atoms with van der Waals surface area (Å²) in [5, 5.41) is 19.8. The van der Waals surface area contributed by atoms with Crippen LogP contribution in [0.5, 0.6) is 0 Å². The van der Waals surface area contributed by atoms with Crippen LogP contribution in [0.25, 0.3) is 0 Å². The first-order chi connectivity index (χ1) is 9.13. The summed E-state index contributed by atoms with van der Waals surface area (Å²) in [6.07, 6.45) is 4.30. The number of nitro benzene ring substituents is 1. The molecule has 0 heterocycles. The molecule has 5 nitrogen and oxygen atoms in total. The molecule has 0 amide bonds. The molecule has 0 unspecified atom stereocenters. The second-order valence-corrected chi connectivity index (χ2v) is 5.91. The van der Waals surface area contributed by atoms with Gasteiger partial charge in [-0.15, -0.1) is 0 Å². The number of anilines is 1. The van der Waals surface area contributed by atoms with E-state index in [1.807, 2.05) is 34.7 Å². The largest absolute Gasteiger partial charge is 0.396 e. The summed E-state index contributed by atoms with van der Waals surface area (Å²) >= 11 is 2.01. The van der Waals surface area contributed by atoms with E-state index in [0.29, 0.717) is 9.61 Å². The smallest absolute Gasteiger partial charge is 0.282 e. The lowest BCUT2D eigenvalue weighted by Gasteiger charge is -2.39. The second-order valence-electron chi connectivity index (χ2n) is 4.75.